The van der Waals surface area contributed by atoms with Gasteiger partial charge in [0.2, 0.25) is 0 Å². The lowest BCUT2D eigenvalue weighted by Gasteiger charge is -2.22. The fraction of sp³-hybridized carbons (Fsp3) is 0.462. The van der Waals surface area contributed by atoms with Crippen molar-refractivity contribution < 1.29 is 14.6 Å². The Morgan fingerprint density at radius 2 is 2.11 bits per heavy atom. The molecule has 1 aromatic rings. The molecule has 1 aromatic carbocycles. The summed E-state index contributed by atoms with van der Waals surface area (Å²) in [5.41, 5.74) is 0.384. The van der Waals surface area contributed by atoms with Crippen LogP contribution >= 0.6 is 0 Å². The van der Waals surface area contributed by atoms with Crippen molar-refractivity contribution in [2.24, 2.45) is 0 Å². The quantitative estimate of drug-likeness (QED) is 0.681. The maximum Gasteiger partial charge on any atom is 0.408 e. The number of likely N-dealkylation sites (N-methyl/N-ethyl adjacent to an activating group) is 1. The minimum Gasteiger partial charge on any atom is -0.445 e. The minimum atomic E-state index is -0.734. The molecular formula is C13H18N2O3. The molecule has 0 radical (unpaired) electrons. The highest BCUT2D eigenvalue weighted by Crippen LogP contribution is 2.37. The predicted molar refractivity (Wildman–Crippen MR) is 66.8 cm³/mol. The Morgan fingerprint density at radius 3 is 2.67 bits per heavy atom. The van der Waals surface area contributed by atoms with Gasteiger partial charge in [0, 0.05) is 0 Å². The lowest BCUT2D eigenvalue weighted by Crippen LogP contribution is -2.51. The van der Waals surface area contributed by atoms with Gasteiger partial charge in [0.15, 0.2) is 0 Å². The highest BCUT2D eigenvalue weighted by atomic mass is 16.5. The van der Waals surface area contributed by atoms with Crippen LogP contribution in [-0.4, -0.2) is 30.0 Å². The smallest absolute Gasteiger partial charge is 0.408 e. The van der Waals surface area contributed by atoms with E-state index in [-0.39, 0.29) is 6.61 Å². The van der Waals surface area contributed by atoms with Gasteiger partial charge in [-0.15, -0.1) is 0 Å². The van der Waals surface area contributed by atoms with Crippen molar-refractivity contribution in [3.8, 4) is 0 Å². The SMILES string of the molecule is CNC(O)C1(NC(=O)OCc2ccccc2)CC1. The summed E-state index contributed by atoms with van der Waals surface area (Å²) in [6.07, 6.45) is 0.290. The first-order valence-electron chi connectivity index (χ1n) is 6.00. The zero-order valence-electron chi connectivity index (χ0n) is 10.3. The van der Waals surface area contributed by atoms with E-state index in [1.54, 1.807) is 7.05 Å². The highest BCUT2D eigenvalue weighted by molar-refractivity contribution is 5.69. The number of amides is 1. The fourth-order valence-corrected chi connectivity index (χ4v) is 1.84. The molecule has 0 aliphatic heterocycles. The molecule has 1 unspecified atom stereocenters. The Morgan fingerprint density at radius 1 is 1.44 bits per heavy atom. The normalized spacial score (nSPS) is 17.9. The third-order valence-corrected chi connectivity index (χ3v) is 3.15. The van der Waals surface area contributed by atoms with E-state index in [4.69, 9.17) is 4.74 Å². The van der Waals surface area contributed by atoms with Crippen LogP contribution in [0.4, 0.5) is 4.79 Å². The third kappa shape index (κ3) is 3.00. The summed E-state index contributed by atoms with van der Waals surface area (Å²) in [6, 6.07) is 9.48. The van der Waals surface area contributed by atoms with Crippen molar-refractivity contribution in [3.05, 3.63) is 35.9 Å². The first-order valence-corrected chi connectivity index (χ1v) is 6.00. The van der Waals surface area contributed by atoms with Crippen molar-refractivity contribution in [1.29, 1.82) is 0 Å². The van der Waals surface area contributed by atoms with Gasteiger partial charge in [-0.05, 0) is 25.5 Å². The monoisotopic (exact) mass is 250 g/mol. The number of benzene rings is 1. The zero-order valence-corrected chi connectivity index (χ0v) is 10.3. The maximum atomic E-state index is 11.6. The molecule has 3 N–H and O–H groups in total. The maximum absolute atomic E-state index is 11.6. The van der Waals surface area contributed by atoms with Gasteiger partial charge in [0.25, 0.3) is 0 Å². The Balaban J connectivity index is 1.79. The average Bonchev–Trinajstić information content (AvgIpc) is 3.17. The molecule has 2 rings (SSSR count). The lowest BCUT2D eigenvalue weighted by atomic mass is 10.2. The van der Waals surface area contributed by atoms with Crippen LogP contribution < -0.4 is 10.6 Å². The summed E-state index contributed by atoms with van der Waals surface area (Å²) in [5, 5.41) is 15.1. The number of rotatable bonds is 5. The van der Waals surface area contributed by atoms with E-state index in [1.807, 2.05) is 30.3 Å². The molecule has 5 nitrogen and oxygen atoms in total. The van der Waals surface area contributed by atoms with Gasteiger partial charge in [-0.1, -0.05) is 30.3 Å². The molecule has 0 saturated heterocycles. The van der Waals surface area contributed by atoms with Gasteiger partial charge in [-0.2, -0.15) is 0 Å². The molecule has 1 saturated carbocycles. The van der Waals surface area contributed by atoms with Crippen molar-refractivity contribution in [2.45, 2.75) is 31.2 Å². The number of hydrogen-bond acceptors (Lipinski definition) is 4. The minimum absolute atomic E-state index is 0.235. The second kappa shape index (κ2) is 5.37. The fourth-order valence-electron chi connectivity index (χ4n) is 1.84. The van der Waals surface area contributed by atoms with Crippen LogP contribution in [0.1, 0.15) is 18.4 Å². The lowest BCUT2D eigenvalue weighted by molar-refractivity contribution is 0.0769. The van der Waals surface area contributed by atoms with Gasteiger partial charge < -0.3 is 15.2 Å². The molecule has 0 spiro atoms. The van der Waals surface area contributed by atoms with Crippen LogP contribution in [0.5, 0.6) is 0 Å². The number of aliphatic hydroxyl groups excluding tert-OH is 1. The van der Waals surface area contributed by atoms with Crippen molar-refractivity contribution in [1.82, 2.24) is 10.6 Å². The van der Waals surface area contributed by atoms with Crippen molar-refractivity contribution in [3.63, 3.8) is 0 Å². The second-order valence-electron chi connectivity index (χ2n) is 4.53. The van der Waals surface area contributed by atoms with E-state index < -0.39 is 17.9 Å². The van der Waals surface area contributed by atoms with E-state index in [0.29, 0.717) is 0 Å². The van der Waals surface area contributed by atoms with Gasteiger partial charge in [-0.25, -0.2) is 4.79 Å². The summed E-state index contributed by atoms with van der Waals surface area (Å²) >= 11 is 0. The molecule has 1 fully saturated rings. The Hall–Kier alpha value is -1.59. The van der Waals surface area contributed by atoms with Crippen LogP contribution in [0.2, 0.25) is 0 Å². The molecule has 0 aromatic heterocycles. The molecule has 98 valence electrons. The first kappa shape index (κ1) is 12.9. The molecule has 1 amide bonds. The molecule has 0 heterocycles. The topological polar surface area (TPSA) is 70.6 Å². The number of carbonyl (C=O) groups is 1. The molecular weight excluding hydrogens is 232 g/mol. The Kier molecular flexibility index (Phi) is 3.84. The number of hydrogen-bond donors (Lipinski definition) is 3. The van der Waals surface area contributed by atoms with E-state index in [1.165, 1.54) is 0 Å². The van der Waals surface area contributed by atoms with Crippen molar-refractivity contribution >= 4 is 6.09 Å². The number of alkyl carbamates (subject to hydrolysis) is 1. The summed E-state index contributed by atoms with van der Waals surface area (Å²) < 4.78 is 5.11. The van der Waals surface area contributed by atoms with Gasteiger partial charge in [-0.3, -0.25) is 5.32 Å². The number of ether oxygens (including phenoxy) is 1. The van der Waals surface area contributed by atoms with E-state index in [9.17, 15) is 9.90 Å². The van der Waals surface area contributed by atoms with E-state index in [2.05, 4.69) is 10.6 Å². The molecule has 18 heavy (non-hydrogen) atoms. The number of nitrogens with one attached hydrogen (secondary N) is 2. The first-order chi connectivity index (χ1) is 8.66. The van der Waals surface area contributed by atoms with Crippen LogP contribution in [0.3, 0.4) is 0 Å². The molecule has 5 heteroatoms. The standard InChI is InChI=1S/C13H18N2O3/c1-14-11(16)13(7-8-13)15-12(17)18-9-10-5-3-2-4-6-10/h2-6,11,14,16H,7-9H2,1H3,(H,15,17). The second-order valence-corrected chi connectivity index (χ2v) is 4.53. The van der Waals surface area contributed by atoms with Gasteiger partial charge >= 0.3 is 6.09 Å². The van der Waals surface area contributed by atoms with Gasteiger partial charge in [0.05, 0.1) is 5.54 Å². The van der Waals surface area contributed by atoms with Gasteiger partial charge in [0.1, 0.15) is 12.8 Å². The molecule has 1 aliphatic carbocycles. The Labute approximate surface area is 106 Å². The van der Waals surface area contributed by atoms with Crippen molar-refractivity contribution in [2.75, 3.05) is 7.05 Å². The summed E-state index contributed by atoms with van der Waals surface area (Å²) in [4.78, 5) is 11.6. The average molecular weight is 250 g/mol. The van der Waals surface area contributed by atoms with Crippen LogP contribution in [-0.2, 0) is 11.3 Å². The van der Waals surface area contributed by atoms with Crippen LogP contribution in [0.15, 0.2) is 30.3 Å². The summed E-state index contributed by atoms with van der Waals surface area (Å²) in [7, 11) is 1.65. The van der Waals surface area contributed by atoms with E-state index in [0.717, 1.165) is 18.4 Å². The molecule has 0 bridgehead atoms. The number of carbonyl (C=O) groups excluding carboxylic acids is 1. The molecule has 1 aliphatic rings. The third-order valence-electron chi connectivity index (χ3n) is 3.15. The van der Waals surface area contributed by atoms with Crippen LogP contribution in [0, 0.1) is 0 Å². The summed E-state index contributed by atoms with van der Waals surface area (Å²) in [6.45, 7) is 0.235. The molecule has 1 atom stereocenters. The highest BCUT2D eigenvalue weighted by Gasteiger charge is 2.50. The summed E-state index contributed by atoms with van der Waals surface area (Å²) in [5.74, 6) is 0. The largest absolute Gasteiger partial charge is 0.445 e. The predicted octanol–water partition coefficient (Wildman–Crippen LogP) is 0.983. The van der Waals surface area contributed by atoms with Crippen LogP contribution in [0.25, 0.3) is 0 Å². The number of aliphatic hydroxyl groups is 1. The zero-order chi connectivity index (χ0) is 13.0. The van der Waals surface area contributed by atoms with E-state index >= 15 is 0 Å². The Bertz CT molecular complexity index is 404.